The number of nitrogens with one attached hydrogen (secondary N) is 1. The molecule has 2 aromatic rings. The molecule has 0 unspecified atom stereocenters. The highest BCUT2D eigenvalue weighted by Gasteiger charge is 2.37. The smallest absolute Gasteiger partial charge is 0.338 e. The Labute approximate surface area is 207 Å². The number of halogens is 2. The molecule has 0 aliphatic carbocycles. The van der Waals surface area contributed by atoms with Crippen molar-refractivity contribution in [2.75, 3.05) is 30.0 Å². The zero-order valence-corrected chi connectivity index (χ0v) is 20.2. The van der Waals surface area contributed by atoms with Crippen molar-refractivity contribution in [1.29, 1.82) is 0 Å². The fourth-order valence-electron chi connectivity index (χ4n) is 3.26. The summed E-state index contributed by atoms with van der Waals surface area (Å²) in [5.41, 5.74) is 1.21. The SMILES string of the molecule is CC(C)COC(=O)c1ccc(NC(=O)COC(=O)[C@@H]2CC(=O)N(c3cc(Cl)ccc3Cl)C2)cc1. The van der Waals surface area contributed by atoms with Crippen molar-refractivity contribution >= 4 is 58.3 Å². The molecule has 8 nitrogen and oxygen atoms in total. The van der Waals surface area contributed by atoms with E-state index < -0.39 is 30.4 Å². The number of anilines is 2. The highest BCUT2D eigenvalue weighted by molar-refractivity contribution is 6.35. The lowest BCUT2D eigenvalue weighted by Crippen LogP contribution is -2.28. The highest BCUT2D eigenvalue weighted by Crippen LogP contribution is 2.33. The van der Waals surface area contributed by atoms with Crippen LogP contribution in [-0.4, -0.2) is 43.5 Å². The van der Waals surface area contributed by atoms with Gasteiger partial charge >= 0.3 is 11.9 Å². The van der Waals surface area contributed by atoms with E-state index in [1.54, 1.807) is 30.3 Å². The fraction of sp³-hybridized carbons (Fsp3) is 0.333. The van der Waals surface area contributed by atoms with Crippen LogP contribution < -0.4 is 10.2 Å². The molecular weight excluding hydrogens is 483 g/mol. The minimum absolute atomic E-state index is 0.0579. The lowest BCUT2D eigenvalue weighted by molar-refractivity contribution is -0.151. The van der Waals surface area contributed by atoms with Crippen molar-refractivity contribution in [3.8, 4) is 0 Å². The van der Waals surface area contributed by atoms with Crippen LogP contribution in [0.25, 0.3) is 0 Å². The molecule has 34 heavy (non-hydrogen) atoms. The van der Waals surface area contributed by atoms with Gasteiger partial charge in [0.2, 0.25) is 5.91 Å². The molecule has 0 spiro atoms. The van der Waals surface area contributed by atoms with Crippen LogP contribution in [0.5, 0.6) is 0 Å². The molecule has 3 rings (SSSR count). The number of hydrogen-bond acceptors (Lipinski definition) is 6. The number of amides is 2. The van der Waals surface area contributed by atoms with E-state index in [9.17, 15) is 19.2 Å². The lowest BCUT2D eigenvalue weighted by atomic mass is 10.1. The molecule has 1 atom stereocenters. The molecule has 2 amide bonds. The number of rotatable bonds is 8. The van der Waals surface area contributed by atoms with E-state index in [0.29, 0.717) is 33.6 Å². The Balaban J connectivity index is 1.48. The third kappa shape index (κ3) is 6.71. The lowest BCUT2D eigenvalue weighted by Gasteiger charge is -2.18. The second-order valence-corrected chi connectivity index (χ2v) is 9.07. The van der Waals surface area contributed by atoms with Gasteiger partial charge in [-0.05, 0) is 48.4 Å². The third-order valence-corrected chi connectivity index (χ3v) is 5.51. The monoisotopic (exact) mass is 506 g/mol. The molecule has 1 aliphatic rings. The van der Waals surface area contributed by atoms with Crippen LogP contribution in [0.4, 0.5) is 11.4 Å². The summed E-state index contributed by atoms with van der Waals surface area (Å²) in [5.74, 6) is -2.45. The average Bonchev–Trinajstić information content (AvgIpc) is 3.19. The molecule has 10 heteroatoms. The molecule has 1 fully saturated rings. The zero-order valence-electron chi connectivity index (χ0n) is 18.7. The van der Waals surface area contributed by atoms with Crippen LogP contribution >= 0.6 is 23.2 Å². The van der Waals surface area contributed by atoms with Gasteiger partial charge in [-0.15, -0.1) is 0 Å². The third-order valence-electron chi connectivity index (χ3n) is 4.95. The summed E-state index contributed by atoms with van der Waals surface area (Å²) in [4.78, 5) is 50.3. The molecule has 1 heterocycles. The number of carbonyl (C=O) groups excluding carboxylic acids is 4. The van der Waals surface area contributed by atoms with Crippen LogP contribution in [0.3, 0.4) is 0 Å². The van der Waals surface area contributed by atoms with Crippen molar-refractivity contribution in [2.45, 2.75) is 20.3 Å². The maximum absolute atomic E-state index is 12.4. The van der Waals surface area contributed by atoms with Gasteiger partial charge in [-0.2, -0.15) is 0 Å². The van der Waals surface area contributed by atoms with Gasteiger partial charge in [-0.1, -0.05) is 37.0 Å². The largest absolute Gasteiger partial charge is 0.462 e. The second-order valence-electron chi connectivity index (χ2n) is 8.23. The molecule has 2 aromatic carbocycles. The van der Waals surface area contributed by atoms with Gasteiger partial charge in [0.15, 0.2) is 6.61 Å². The zero-order chi connectivity index (χ0) is 24.8. The number of carbonyl (C=O) groups is 4. The first-order valence-corrected chi connectivity index (χ1v) is 11.4. The first-order valence-electron chi connectivity index (χ1n) is 10.6. The van der Waals surface area contributed by atoms with Crippen molar-refractivity contribution in [3.05, 3.63) is 58.1 Å². The minimum atomic E-state index is -0.730. The molecule has 0 bridgehead atoms. The Hall–Kier alpha value is -3.10. The number of benzene rings is 2. The predicted molar refractivity (Wildman–Crippen MR) is 128 cm³/mol. The molecule has 0 radical (unpaired) electrons. The van der Waals surface area contributed by atoms with Crippen molar-refractivity contribution in [2.24, 2.45) is 11.8 Å². The first kappa shape index (κ1) is 25.5. The summed E-state index contributed by atoms with van der Waals surface area (Å²) in [7, 11) is 0. The fourth-order valence-corrected chi connectivity index (χ4v) is 3.64. The van der Waals surface area contributed by atoms with Crippen LogP contribution in [0.15, 0.2) is 42.5 Å². The Bertz CT molecular complexity index is 1090. The van der Waals surface area contributed by atoms with Gasteiger partial charge in [0.1, 0.15) is 0 Å². The van der Waals surface area contributed by atoms with E-state index >= 15 is 0 Å². The van der Waals surface area contributed by atoms with Gasteiger partial charge in [0, 0.05) is 23.7 Å². The topological polar surface area (TPSA) is 102 Å². The summed E-state index contributed by atoms with van der Waals surface area (Å²) in [5, 5.41) is 3.33. The summed E-state index contributed by atoms with van der Waals surface area (Å²) in [6.07, 6.45) is -0.0579. The molecule has 180 valence electrons. The average molecular weight is 507 g/mol. The summed E-state index contributed by atoms with van der Waals surface area (Å²) >= 11 is 12.1. The number of esters is 2. The van der Waals surface area contributed by atoms with Crippen molar-refractivity contribution in [1.82, 2.24) is 0 Å². The second kappa shape index (κ2) is 11.4. The van der Waals surface area contributed by atoms with Crippen LogP contribution in [0, 0.1) is 11.8 Å². The Morgan fingerprint density at radius 1 is 1.09 bits per heavy atom. The van der Waals surface area contributed by atoms with E-state index in [0.717, 1.165) is 0 Å². The summed E-state index contributed by atoms with van der Waals surface area (Å²) < 4.78 is 10.3. The van der Waals surface area contributed by atoms with Gasteiger partial charge in [0.25, 0.3) is 5.91 Å². The Morgan fingerprint density at radius 2 is 1.79 bits per heavy atom. The minimum Gasteiger partial charge on any atom is -0.462 e. The van der Waals surface area contributed by atoms with Crippen molar-refractivity contribution < 1.29 is 28.7 Å². The number of hydrogen-bond donors (Lipinski definition) is 1. The standard InChI is InChI=1S/C24H24Cl2N2O6/c1-14(2)12-33-23(31)15-3-6-18(7-4-15)27-21(29)13-34-24(32)16-9-22(30)28(11-16)20-10-17(25)5-8-19(20)26/h3-8,10,14,16H,9,11-13H2,1-2H3,(H,27,29)/t16-/m1/s1. The van der Waals surface area contributed by atoms with Crippen LogP contribution in [-0.2, 0) is 23.9 Å². The Morgan fingerprint density at radius 3 is 2.47 bits per heavy atom. The summed E-state index contributed by atoms with van der Waals surface area (Å²) in [6, 6.07) is 10.9. The van der Waals surface area contributed by atoms with E-state index in [-0.39, 0.29) is 24.8 Å². The molecule has 0 saturated carbocycles. The molecule has 1 N–H and O–H groups in total. The van der Waals surface area contributed by atoms with Crippen molar-refractivity contribution in [3.63, 3.8) is 0 Å². The maximum atomic E-state index is 12.4. The maximum Gasteiger partial charge on any atom is 0.338 e. The van der Waals surface area contributed by atoms with Gasteiger partial charge < -0.3 is 19.7 Å². The van der Waals surface area contributed by atoms with Crippen LogP contribution in [0.2, 0.25) is 10.0 Å². The number of ether oxygens (including phenoxy) is 2. The molecular formula is C24H24Cl2N2O6. The normalized spacial score (nSPS) is 15.4. The predicted octanol–water partition coefficient (Wildman–Crippen LogP) is 4.34. The Kier molecular flexibility index (Phi) is 8.52. The van der Waals surface area contributed by atoms with Crippen LogP contribution in [0.1, 0.15) is 30.6 Å². The molecule has 0 aromatic heterocycles. The van der Waals surface area contributed by atoms with E-state index in [1.165, 1.54) is 17.0 Å². The van der Waals surface area contributed by atoms with E-state index in [1.807, 2.05) is 13.8 Å². The highest BCUT2D eigenvalue weighted by atomic mass is 35.5. The van der Waals surface area contributed by atoms with Gasteiger partial charge in [0.05, 0.1) is 28.8 Å². The van der Waals surface area contributed by atoms with E-state index in [4.69, 9.17) is 32.7 Å². The van der Waals surface area contributed by atoms with E-state index in [2.05, 4.69) is 5.32 Å². The quantitative estimate of drug-likeness (QED) is 0.534. The number of nitrogens with zero attached hydrogens (tertiary/aromatic N) is 1. The molecule has 1 saturated heterocycles. The first-order chi connectivity index (χ1) is 16.1. The van der Waals surface area contributed by atoms with Gasteiger partial charge in [-0.25, -0.2) is 4.79 Å². The molecule has 1 aliphatic heterocycles. The summed E-state index contributed by atoms with van der Waals surface area (Å²) in [6.45, 7) is 3.76. The van der Waals surface area contributed by atoms with Gasteiger partial charge in [-0.3, -0.25) is 14.4 Å².